The van der Waals surface area contributed by atoms with Crippen molar-refractivity contribution in [3.8, 4) is 6.07 Å². The third-order valence-electron chi connectivity index (χ3n) is 7.89. The number of nitriles is 1. The number of benzene rings is 1. The average Bonchev–Trinajstić information content (AvgIpc) is 3.46. The zero-order valence-corrected chi connectivity index (χ0v) is 22.5. The molecule has 4 fully saturated rings. The summed E-state index contributed by atoms with van der Waals surface area (Å²) < 4.78 is 59.2. The molecule has 4 N–H and O–H groups in total. The van der Waals surface area contributed by atoms with E-state index in [4.69, 9.17) is 27.2 Å². The van der Waals surface area contributed by atoms with Gasteiger partial charge in [0, 0.05) is 23.1 Å². The number of carboxylic acid groups (broad SMARTS) is 1. The number of carbonyl (C=O) groups excluding carboxylic acids is 2. The van der Waals surface area contributed by atoms with E-state index in [0.29, 0.717) is 23.8 Å². The number of fused-ring (bicyclic) bond motifs is 3. The Kier molecular flexibility index (Phi) is 8.26. The van der Waals surface area contributed by atoms with E-state index in [-0.39, 0.29) is 34.8 Å². The van der Waals surface area contributed by atoms with E-state index in [1.165, 1.54) is 24.3 Å². The summed E-state index contributed by atoms with van der Waals surface area (Å²) in [5.74, 6) is -2.61. The van der Waals surface area contributed by atoms with Gasteiger partial charge in [0.2, 0.25) is 5.91 Å². The molecule has 1 saturated carbocycles. The Labute approximate surface area is 233 Å². The molecular weight excluding hydrogens is 579 g/mol. The Hall–Kier alpha value is -3.09. The van der Waals surface area contributed by atoms with Crippen LogP contribution in [0.5, 0.6) is 0 Å². The molecule has 3 aliphatic heterocycles. The number of carbonyl (C=O) groups is 3. The van der Waals surface area contributed by atoms with E-state index in [1.807, 2.05) is 0 Å². The number of urea groups is 1. The number of nitrogens with two attached hydrogens (primary N) is 1. The van der Waals surface area contributed by atoms with Gasteiger partial charge in [-0.25, -0.2) is 22.7 Å². The second-order valence-electron chi connectivity index (χ2n) is 10.4. The van der Waals surface area contributed by atoms with Gasteiger partial charge in [-0.2, -0.15) is 18.4 Å². The Morgan fingerprint density at radius 2 is 1.62 bits per heavy atom. The van der Waals surface area contributed by atoms with Crippen LogP contribution in [0.25, 0.3) is 0 Å². The van der Waals surface area contributed by atoms with E-state index in [9.17, 15) is 36.4 Å². The number of piperidine rings is 2. The van der Waals surface area contributed by atoms with Crippen molar-refractivity contribution in [3.05, 3.63) is 29.3 Å². The van der Waals surface area contributed by atoms with E-state index in [0.717, 1.165) is 25.7 Å². The van der Waals surface area contributed by atoms with Gasteiger partial charge in [-0.3, -0.25) is 4.79 Å². The first-order valence-electron chi connectivity index (χ1n) is 12.5. The summed E-state index contributed by atoms with van der Waals surface area (Å²) >= 11 is 5.82. The lowest BCUT2D eigenvalue weighted by atomic mass is 9.84. The van der Waals surface area contributed by atoms with Crippen molar-refractivity contribution in [1.82, 2.24) is 14.5 Å². The standard InChI is InChI=1S/C22H26ClN5O4S.C2HF3O2/c23-14-1-5-18(6-2-14)33(31,32)26-22(30)27-15-3-4-16(27)9-13(8-15)20(25)21(29)28-17(11-24)7-12-10-19(12)28;3-2(4,5)1(6)7/h1-2,5-6,12-13,15-17,19-20H,3-4,7-10,25H2,(H,26,30);(H,6,7)/t12-,13?,15?,16?,17+,19+,20+;/m1./s1. The predicted molar refractivity (Wildman–Crippen MR) is 133 cm³/mol. The number of rotatable bonds is 4. The maximum Gasteiger partial charge on any atom is 0.490 e. The minimum absolute atomic E-state index is 0.0360. The number of hydrogen-bond acceptors (Lipinski definition) is 7. The van der Waals surface area contributed by atoms with Crippen LogP contribution < -0.4 is 10.5 Å². The Morgan fingerprint density at radius 3 is 2.12 bits per heavy atom. The lowest BCUT2D eigenvalue weighted by Gasteiger charge is -2.41. The number of aliphatic carboxylic acids is 1. The highest BCUT2D eigenvalue weighted by atomic mass is 35.5. The van der Waals surface area contributed by atoms with Crippen molar-refractivity contribution in [1.29, 1.82) is 5.26 Å². The summed E-state index contributed by atoms with van der Waals surface area (Å²) in [5, 5.41) is 16.9. The van der Waals surface area contributed by atoms with Crippen molar-refractivity contribution < 1.29 is 41.1 Å². The molecule has 2 bridgehead atoms. The largest absolute Gasteiger partial charge is 0.490 e. The number of halogens is 4. The number of nitrogens with zero attached hydrogens (tertiary/aromatic N) is 3. The molecule has 4 aliphatic rings. The maximum absolute atomic E-state index is 13.1. The number of sulfonamides is 1. The highest BCUT2D eigenvalue weighted by molar-refractivity contribution is 7.90. The molecule has 0 radical (unpaired) electrons. The molecule has 0 spiro atoms. The smallest absolute Gasteiger partial charge is 0.475 e. The van der Waals surface area contributed by atoms with Crippen LogP contribution in [0.3, 0.4) is 0 Å². The molecule has 1 aromatic rings. The lowest BCUT2D eigenvalue weighted by Crippen LogP contribution is -2.57. The van der Waals surface area contributed by atoms with E-state index in [1.54, 1.807) is 9.80 Å². The molecule has 16 heteroatoms. The van der Waals surface area contributed by atoms with Crippen LogP contribution in [0.1, 0.15) is 38.5 Å². The van der Waals surface area contributed by atoms with E-state index >= 15 is 0 Å². The van der Waals surface area contributed by atoms with Gasteiger partial charge in [-0.1, -0.05) is 11.6 Å². The van der Waals surface area contributed by atoms with Crippen molar-refractivity contribution in [2.24, 2.45) is 17.6 Å². The van der Waals surface area contributed by atoms with Crippen molar-refractivity contribution >= 4 is 39.5 Å². The summed E-state index contributed by atoms with van der Waals surface area (Å²) in [4.78, 5) is 38.2. The third-order valence-corrected chi connectivity index (χ3v) is 9.48. The molecule has 3 amide bonds. The molecule has 1 aromatic carbocycles. The number of amides is 3. The van der Waals surface area contributed by atoms with Crippen LogP contribution in [0.4, 0.5) is 18.0 Å². The quantitative estimate of drug-likeness (QED) is 0.469. The molecule has 40 heavy (non-hydrogen) atoms. The highest BCUT2D eigenvalue weighted by Gasteiger charge is 2.56. The summed E-state index contributed by atoms with van der Waals surface area (Å²) in [6.45, 7) is 0. The van der Waals surface area contributed by atoms with Gasteiger partial charge < -0.3 is 20.6 Å². The van der Waals surface area contributed by atoms with Crippen LogP contribution in [0.2, 0.25) is 5.02 Å². The fraction of sp³-hybridized carbons (Fsp3) is 0.583. The first-order valence-corrected chi connectivity index (χ1v) is 14.4. The molecule has 3 heterocycles. The van der Waals surface area contributed by atoms with Crippen LogP contribution in [0, 0.1) is 23.2 Å². The van der Waals surface area contributed by atoms with Crippen molar-refractivity contribution in [2.75, 3.05) is 0 Å². The lowest BCUT2D eigenvalue weighted by molar-refractivity contribution is -0.192. The zero-order chi connectivity index (χ0) is 29.6. The SMILES string of the molecule is N#C[C@@H]1C[C@@H]2C[C@@H]2N1C(=O)[C@@H](N)C1CC2CCC(C1)N2C(=O)NS(=O)(=O)c1ccc(Cl)cc1.O=C(O)C(F)(F)F. The minimum Gasteiger partial charge on any atom is -0.475 e. The van der Waals surface area contributed by atoms with Crippen LogP contribution >= 0.6 is 11.6 Å². The first kappa shape index (κ1) is 29.9. The topological polar surface area (TPSA) is 174 Å². The minimum atomic E-state index is -5.08. The number of likely N-dealkylation sites (tertiary alicyclic amines) is 1. The summed E-state index contributed by atoms with van der Waals surface area (Å²) in [6, 6.07) is 5.87. The van der Waals surface area contributed by atoms with Gasteiger partial charge in [-0.15, -0.1) is 0 Å². The average molecular weight is 606 g/mol. The molecule has 6 atom stereocenters. The van der Waals surface area contributed by atoms with Gasteiger partial charge in [0.25, 0.3) is 10.0 Å². The van der Waals surface area contributed by atoms with Gasteiger partial charge in [0.1, 0.15) is 6.04 Å². The van der Waals surface area contributed by atoms with Gasteiger partial charge >= 0.3 is 18.2 Å². The second-order valence-corrected chi connectivity index (χ2v) is 12.5. The van der Waals surface area contributed by atoms with Gasteiger partial charge in [0.05, 0.1) is 17.0 Å². The normalized spacial score (nSPS) is 29.4. The molecule has 1 aliphatic carbocycles. The Morgan fingerprint density at radius 1 is 1.07 bits per heavy atom. The number of carboxylic acids is 1. The predicted octanol–water partition coefficient (Wildman–Crippen LogP) is 2.45. The monoisotopic (exact) mass is 605 g/mol. The molecule has 5 rings (SSSR count). The third kappa shape index (κ3) is 6.13. The second kappa shape index (κ2) is 11.1. The summed E-state index contributed by atoms with van der Waals surface area (Å²) in [5.41, 5.74) is 6.41. The zero-order valence-electron chi connectivity index (χ0n) is 20.9. The summed E-state index contributed by atoms with van der Waals surface area (Å²) in [7, 11) is -4.03. The van der Waals surface area contributed by atoms with Crippen LogP contribution in [-0.2, 0) is 19.6 Å². The number of hydrogen-bond donors (Lipinski definition) is 3. The number of nitrogens with one attached hydrogen (secondary N) is 1. The molecule has 218 valence electrons. The van der Waals surface area contributed by atoms with E-state index < -0.39 is 40.3 Å². The van der Waals surface area contributed by atoms with E-state index in [2.05, 4.69) is 10.8 Å². The van der Waals surface area contributed by atoms with Crippen molar-refractivity contribution in [3.63, 3.8) is 0 Å². The highest BCUT2D eigenvalue weighted by Crippen LogP contribution is 2.48. The molecule has 11 nitrogen and oxygen atoms in total. The van der Waals surface area contributed by atoms with Gasteiger partial charge in [0.15, 0.2) is 0 Å². The maximum atomic E-state index is 13.1. The summed E-state index contributed by atoms with van der Waals surface area (Å²) in [6.07, 6.45) is -0.848. The fourth-order valence-corrected chi connectivity index (χ4v) is 7.02. The van der Waals surface area contributed by atoms with Gasteiger partial charge in [-0.05, 0) is 74.6 Å². The van der Waals surface area contributed by atoms with Crippen LogP contribution in [0.15, 0.2) is 29.2 Å². The van der Waals surface area contributed by atoms with Crippen molar-refractivity contribution in [2.45, 2.75) is 79.8 Å². The molecular formula is C24H27ClF3N5O6S. The molecule has 3 saturated heterocycles. The number of alkyl halides is 3. The Balaban J connectivity index is 0.000000470. The van der Waals surface area contributed by atoms with Crippen LogP contribution in [-0.4, -0.2) is 77.6 Å². The molecule has 2 unspecified atom stereocenters. The first-order chi connectivity index (χ1) is 18.6. The molecule has 0 aromatic heterocycles. The fourth-order valence-electron chi connectivity index (χ4n) is 5.95. The Bertz CT molecular complexity index is 1310.